The van der Waals surface area contributed by atoms with Crippen LogP contribution in [-0.2, 0) is 32.7 Å². The topological polar surface area (TPSA) is 32.9 Å². The summed E-state index contributed by atoms with van der Waals surface area (Å²) in [7, 11) is 0. The van der Waals surface area contributed by atoms with E-state index in [0.29, 0.717) is 0 Å². The Balaban J connectivity index is 0.000000845. The molecule has 1 aromatic heterocycles. The third kappa shape index (κ3) is 2.08. The van der Waals surface area contributed by atoms with Gasteiger partial charge in [-0.2, -0.15) is 5.39 Å². The molecule has 0 bridgehead atoms. The Morgan fingerprint density at radius 3 is 2.85 bits per heavy atom. The number of hydrogen-bond acceptors (Lipinski definition) is 1. The Morgan fingerprint density at radius 1 is 1.46 bits per heavy atom. The number of hydrogen-bond donors (Lipinski definition) is 1. The molecule has 0 amide bonds. The molecule has 0 aliphatic carbocycles. The molecular formula is C9H7INOY-. The van der Waals surface area contributed by atoms with Gasteiger partial charge >= 0.3 is 0 Å². The molecule has 0 saturated heterocycles. The summed E-state index contributed by atoms with van der Waals surface area (Å²) in [6, 6.07) is 5.94. The van der Waals surface area contributed by atoms with Gasteiger partial charge in [0, 0.05) is 32.7 Å². The molecule has 2 aromatic rings. The van der Waals surface area contributed by atoms with Crippen LogP contribution in [0.4, 0.5) is 0 Å². The third-order valence-corrected chi connectivity index (χ3v) is 2.65. The number of fused-ring (bicyclic) bond motifs is 1. The number of benzene rings is 1. The number of aromatic amines is 1. The predicted molar refractivity (Wildman–Crippen MR) is 57.6 cm³/mol. The van der Waals surface area contributed by atoms with Gasteiger partial charge in [0.25, 0.3) is 0 Å². The van der Waals surface area contributed by atoms with Crippen LogP contribution in [0.5, 0.6) is 0 Å². The maximum atomic E-state index is 11.2. The van der Waals surface area contributed by atoms with E-state index in [9.17, 15) is 4.79 Å². The standard InChI is InChI=1S/C9H7INO.Y/c1-5-7-4-6(10)2-3-8(7)11-9(5)12;/h2-4H,1H3,(H,11,12);/q-1;. The molecule has 0 atom stereocenters. The molecule has 4 heteroatoms. The van der Waals surface area contributed by atoms with E-state index in [-0.39, 0.29) is 38.3 Å². The van der Waals surface area contributed by atoms with Gasteiger partial charge in [-0.1, -0.05) is 52.7 Å². The van der Waals surface area contributed by atoms with Gasteiger partial charge in [0.05, 0.1) is 0 Å². The monoisotopic (exact) mass is 361 g/mol. The minimum absolute atomic E-state index is 0. The Kier molecular flexibility index (Phi) is 3.77. The Morgan fingerprint density at radius 2 is 2.15 bits per heavy atom. The van der Waals surface area contributed by atoms with Gasteiger partial charge in [-0.3, -0.25) is 4.79 Å². The fourth-order valence-electron chi connectivity index (χ4n) is 1.27. The SMILES string of the molecule is C[c-]1c(=O)[nH]c2ccc(I)cc21.[Y]. The normalized spacial score (nSPS) is 10.0. The van der Waals surface area contributed by atoms with Gasteiger partial charge < -0.3 is 4.98 Å². The Labute approximate surface area is 114 Å². The van der Waals surface area contributed by atoms with Crippen LogP contribution in [0, 0.1) is 10.5 Å². The van der Waals surface area contributed by atoms with E-state index in [4.69, 9.17) is 0 Å². The van der Waals surface area contributed by atoms with Crippen LogP contribution in [0.2, 0.25) is 0 Å². The van der Waals surface area contributed by atoms with Crippen LogP contribution in [0.25, 0.3) is 10.9 Å². The first kappa shape index (κ1) is 11.5. The second-order valence-corrected chi connectivity index (χ2v) is 4.01. The Hall–Kier alpha value is 0.394. The van der Waals surface area contributed by atoms with Crippen molar-refractivity contribution in [3.05, 3.63) is 37.7 Å². The largest absolute Gasteiger partial charge is 0.385 e. The van der Waals surface area contributed by atoms with Crippen LogP contribution >= 0.6 is 22.6 Å². The summed E-state index contributed by atoms with van der Waals surface area (Å²) in [5.41, 5.74) is 1.76. The van der Waals surface area contributed by atoms with Crippen molar-refractivity contribution in [2.24, 2.45) is 0 Å². The van der Waals surface area contributed by atoms with Crippen molar-refractivity contribution in [1.82, 2.24) is 4.98 Å². The molecule has 0 fully saturated rings. The zero-order chi connectivity index (χ0) is 8.72. The van der Waals surface area contributed by atoms with Crippen molar-refractivity contribution in [3.8, 4) is 0 Å². The summed E-state index contributed by atoms with van der Waals surface area (Å²) in [6.07, 6.45) is 0. The summed E-state index contributed by atoms with van der Waals surface area (Å²) in [4.78, 5) is 14.0. The molecule has 13 heavy (non-hydrogen) atoms. The molecule has 1 heterocycles. The summed E-state index contributed by atoms with van der Waals surface area (Å²) in [5.74, 6) is 0. The average molecular weight is 361 g/mol. The maximum Gasteiger partial charge on any atom is 0.185 e. The smallest absolute Gasteiger partial charge is 0.185 e. The van der Waals surface area contributed by atoms with Crippen LogP contribution in [0.15, 0.2) is 23.0 Å². The van der Waals surface area contributed by atoms with Crippen LogP contribution in [-0.4, -0.2) is 4.98 Å². The average Bonchev–Trinajstić information content (AvgIpc) is 2.31. The fourth-order valence-corrected chi connectivity index (χ4v) is 1.77. The number of H-pyrrole nitrogens is 1. The molecule has 1 N–H and O–H groups in total. The molecule has 0 aliphatic rings. The summed E-state index contributed by atoms with van der Waals surface area (Å²) in [5, 5.41) is 1.03. The van der Waals surface area contributed by atoms with E-state index in [1.807, 2.05) is 25.1 Å². The van der Waals surface area contributed by atoms with Gasteiger partial charge in [0.15, 0.2) is 5.56 Å². The van der Waals surface area contributed by atoms with Gasteiger partial charge in [0.2, 0.25) is 0 Å². The van der Waals surface area contributed by atoms with Crippen LogP contribution in [0.1, 0.15) is 5.56 Å². The number of rotatable bonds is 0. The van der Waals surface area contributed by atoms with E-state index < -0.39 is 0 Å². The first-order valence-electron chi connectivity index (χ1n) is 3.63. The van der Waals surface area contributed by atoms with E-state index in [0.717, 1.165) is 20.0 Å². The van der Waals surface area contributed by atoms with Gasteiger partial charge in [0.1, 0.15) is 0 Å². The van der Waals surface area contributed by atoms with E-state index in [1.54, 1.807) is 0 Å². The van der Waals surface area contributed by atoms with Crippen molar-refractivity contribution >= 4 is 33.5 Å². The first-order chi connectivity index (χ1) is 5.68. The Bertz CT molecular complexity index is 486. The first-order valence-corrected chi connectivity index (χ1v) is 4.71. The molecule has 0 aliphatic heterocycles. The molecule has 0 spiro atoms. The minimum atomic E-state index is 0. The van der Waals surface area contributed by atoms with E-state index in [1.165, 1.54) is 0 Å². The van der Waals surface area contributed by atoms with Crippen molar-refractivity contribution in [1.29, 1.82) is 0 Å². The summed E-state index contributed by atoms with van der Waals surface area (Å²) < 4.78 is 1.15. The minimum Gasteiger partial charge on any atom is -0.385 e. The van der Waals surface area contributed by atoms with E-state index in [2.05, 4.69) is 27.6 Å². The van der Waals surface area contributed by atoms with Crippen LogP contribution < -0.4 is 5.56 Å². The fraction of sp³-hybridized carbons (Fsp3) is 0.111. The molecule has 0 unspecified atom stereocenters. The third-order valence-electron chi connectivity index (χ3n) is 1.97. The van der Waals surface area contributed by atoms with Crippen molar-refractivity contribution in [3.63, 3.8) is 0 Å². The quantitative estimate of drug-likeness (QED) is 0.566. The van der Waals surface area contributed by atoms with Gasteiger partial charge in [-0.15, -0.1) is 6.07 Å². The molecule has 65 valence electrons. The van der Waals surface area contributed by atoms with Gasteiger partial charge in [-0.05, 0) is 3.57 Å². The molecule has 2 nitrogen and oxygen atoms in total. The maximum absolute atomic E-state index is 11.2. The number of aryl methyl sites for hydroxylation is 1. The molecule has 1 radical (unpaired) electrons. The van der Waals surface area contributed by atoms with Crippen molar-refractivity contribution in [2.45, 2.75) is 6.92 Å². The number of nitrogens with one attached hydrogen (secondary N) is 1. The molecule has 2 rings (SSSR count). The molecule has 1 aromatic carbocycles. The second kappa shape index (κ2) is 4.28. The zero-order valence-electron chi connectivity index (χ0n) is 7.10. The summed E-state index contributed by atoms with van der Waals surface area (Å²) >= 11 is 2.24. The second-order valence-electron chi connectivity index (χ2n) is 2.77. The summed E-state index contributed by atoms with van der Waals surface area (Å²) in [6.45, 7) is 1.84. The number of halogens is 1. The van der Waals surface area contributed by atoms with Gasteiger partial charge in [-0.25, -0.2) is 0 Å². The van der Waals surface area contributed by atoms with E-state index >= 15 is 0 Å². The zero-order valence-corrected chi connectivity index (χ0v) is 12.1. The molecular weight excluding hydrogens is 354 g/mol. The van der Waals surface area contributed by atoms with Crippen molar-refractivity contribution in [2.75, 3.05) is 0 Å². The molecule has 0 saturated carbocycles. The predicted octanol–water partition coefficient (Wildman–Crippen LogP) is 2.16. The van der Waals surface area contributed by atoms with Crippen LogP contribution in [0.3, 0.4) is 0 Å². The van der Waals surface area contributed by atoms with Crippen molar-refractivity contribution < 1.29 is 32.7 Å². The number of aromatic nitrogens is 1.